The molecule has 1 unspecified atom stereocenters. The molecule has 0 spiro atoms. The summed E-state index contributed by atoms with van der Waals surface area (Å²) < 4.78 is 0. The highest BCUT2D eigenvalue weighted by atomic mass is 14.9. The topological polar surface area (TPSA) is 12.0 Å². The van der Waals surface area contributed by atoms with Gasteiger partial charge in [-0.1, -0.05) is 44.9 Å². The summed E-state index contributed by atoms with van der Waals surface area (Å²) in [6.07, 6.45) is 14.8. The van der Waals surface area contributed by atoms with Crippen LogP contribution in [0.5, 0.6) is 0 Å². The fourth-order valence-corrected chi connectivity index (χ4v) is 3.13. The first-order chi connectivity index (χ1) is 6.95. The fraction of sp³-hybridized carbons (Fsp3) is 1.00. The first-order valence-corrected chi connectivity index (χ1v) is 6.68. The van der Waals surface area contributed by atoms with Gasteiger partial charge in [0, 0.05) is 6.04 Å². The van der Waals surface area contributed by atoms with Gasteiger partial charge in [-0.3, -0.25) is 0 Å². The third-order valence-corrected chi connectivity index (χ3v) is 4.05. The summed E-state index contributed by atoms with van der Waals surface area (Å²) >= 11 is 0. The minimum absolute atomic E-state index is 0.874. The maximum absolute atomic E-state index is 3.59. The molecule has 0 aromatic carbocycles. The van der Waals surface area contributed by atoms with Gasteiger partial charge in [-0.25, -0.2) is 0 Å². The van der Waals surface area contributed by atoms with Crippen molar-refractivity contribution < 1.29 is 0 Å². The van der Waals surface area contributed by atoms with Crippen molar-refractivity contribution >= 4 is 0 Å². The predicted octanol–water partition coefficient (Wildman–Crippen LogP) is 3.49. The highest BCUT2D eigenvalue weighted by Crippen LogP contribution is 2.28. The van der Waals surface area contributed by atoms with E-state index in [0.717, 1.165) is 12.0 Å². The molecule has 1 heteroatoms. The van der Waals surface area contributed by atoms with Crippen molar-refractivity contribution in [1.29, 1.82) is 0 Å². The second-order valence-electron chi connectivity index (χ2n) is 5.23. The molecular weight excluding hydrogens is 170 g/mol. The van der Waals surface area contributed by atoms with Crippen molar-refractivity contribution in [2.24, 2.45) is 5.92 Å². The first-order valence-electron chi connectivity index (χ1n) is 6.68. The third-order valence-electron chi connectivity index (χ3n) is 4.05. The first kappa shape index (κ1) is 10.5. The van der Waals surface area contributed by atoms with Crippen LogP contribution in [0.25, 0.3) is 0 Å². The Morgan fingerprint density at radius 2 is 1.71 bits per heavy atom. The van der Waals surface area contributed by atoms with Crippen LogP contribution < -0.4 is 5.32 Å². The van der Waals surface area contributed by atoms with Crippen LogP contribution in [0.4, 0.5) is 0 Å². The van der Waals surface area contributed by atoms with Crippen molar-refractivity contribution in [2.75, 3.05) is 6.54 Å². The van der Waals surface area contributed by atoms with E-state index < -0.39 is 0 Å². The van der Waals surface area contributed by atoms with Gasteiger partial charge in [0.05, 0.1) is 0 Å². The number of hydrogen-bond acceptors (Lipinski definition) is 1. The van der Waals surface area contributed by atoms with Crippen LogP contribution in [-0.4, -0.2) is 12.6 Å². The summed E-state index contributed by atoms with van der Waals surface area (Å²) in [4.78, 5) is 0. The van der Waals surface area contributed by atoms with Gasteiger partial charge in [0.2, 0.25) is 0 Å². The summed E-state index contributed by atoms with van der Waals surface area (Å²) in [5.74, 6) is 1.09. The molecule has 1 saturated carbocycles. The van der Waals surface area contributed by atoms with Crippen LogP contribution in [0.3, 0.4) is 0 Å². The Morgan fingerprint density at radius 3 is 2.43 bits per heavy atom. The molecule has 1 saturated heterocycles. The van der Waals surface area contributed by atoms with Gasteiger partial charge in [-0.05, 0) is 31.7 Å². The fourth-order valence-electron chi connectivity index (χ4n) is 3.13. The number of hydrogen-bond donors (Lipinski definition) is 1. The Morgan fingerprint density at radius 1 is 0.857 bits per heavy atom. The van der Waals surface area contributed by atoms with Crippen LogP contribution in [0, 0.1) is 5.92 Å². The Hall–Kier alpha value is -0.0400. The number of rotatable bonds is 4. The molecule has 2 aliphatic rings. The molecule has 1 heterocycles. The molecule has 1 aliphatic carbocycles. The van der Waals surface area contributed by atoms with Crippen LogP contribution in [-0.2, 0) is 0 Å². The van der Waals surface area contributed by atoms with E-state index in [0.29, 0.717) is 0 Å². The molecule has 1 nitrogen and oxygen atoms in total. The largest absolute Gasteiger partial charge is 0.314 e. The lowest BCUT2D eigenvalue weighted by atomic mass is 9.85. The summed E-state index contributed by atoms with van der Waals surface area (Å²) in [5.41, 5.74) is 0. The van der Waals surface area contributed by atoms with Crippen LogP contribution >= 0.6 is 0 Å². The lowest BCUT2D eigenvalue weighted by Crippen LogP contribution is -2.21. The van der Waals surface area contributed by atoms with Crippen molar-refractivity contribution in [1.82, 2.24) is 5.32 Å². The predicted molar refractivity (Wildman–Crippen MR) is 61.5 cm³/mol. The molecule has 1 atom stereocenters. The average molecular weight is 195 g/mol. The van der Waals surface area contributed by atoms with Gasteiger partial charge < -0.3 is 5.32 Å². The zero-order valence-corrected chi connectivity index (χ0v) is 9.43. The van der Waals surface area contributed by atoms with Crippen LogP contribution in [0.15, 0.2) is 0 Å². The smallest absolute Gasteiger partial charge is 0.00675 e. The maximum atomic E-state index is 3.59. The normalized spacial score (nSPS) is 29.6. The van der Waals surface area contributed by atoms with E-state index in [2.05, 4.69) is 5.32 Å². The number of nitrogens with one attached hydrogen (secondary N) is 1. The molecule has 2 fully saturated rings. The van der Waals surface area contributed by atoms with Gasteiger partial charge in [0.15, 0.2) is 0 Å². The molecule has 2 rings (SSSR count). The van der Waals surface area contributed by atoms with Crippen molar-refractivity contribution in [3.8, 4) is 0 Å². The third kappa shape index (κ3) is 3.27. The van der Waals surface area contributed by atoms with Crippen LogP contribution in [0.2, 0.25) is 0 Å². The Balaban J connectivity index is 1.52. The molecule has 1 aliphatic heterocycles. The molecule has 0 aromatic heterocycles. The average Bonchev–Trinajstić information content (AvgIpc) is 2.72. The highest BCUT2D eigenvalue weighted by Gasteiger charge is 2.16. The molecule has 0 aromatic rings. The SMILES string of the molecule is C1CCC(CCCC2CCCN2)CC1. The molecule has 0 radical (unpaired) electrons. The van der Waals surface area contributed by atoms with E-state index in [-0.39, 0.29) is 0 Å². The van der Waals surface area contributed by atoms with Gasteiger partial charge in [-0.15, -0.1) is 0 Å². The Kier molecular flexibility index (Phi) is 4.30. The van der Waals surface area contributed by atoms with E-state index >= 15 is 0 Å². The van der Waals surface area contributed by atoms with E-state index in [1.807, 2.05) is 0 Å². The summed E-state index contributed by atoms with van der Waals surface area (Å²) in [6.45, 7) is 1.27. The molecule has 0 bridgehead atoms. The van der Waals surface area contributed by atoms with Crippen molar-refractivity contribution in [3.63, 3.8) is 0 Å². The quantitative estimate of drug-likeness (QED) is 0.724. The standard InChI is InChI=1S/C13H25N/c1-2-6-12(7-3-1)8-4-9-13-10-5-11-14-13/h12-14H,1-11H2. The molecular formula is C13H25N. The van der Waals surface area contributed by atoms with Crippen LogP contribution in [0.1, 0.15) is 64.2 Å². The monoisotopic (exact) mass is 195 g/mol. The second-order valence-corrected chi connectivity index (χ2v) is 5.23. The van der Waals surface area contributed by atoms with Gasteiger partial charge in [0.1, 0.15) is 0 Å². The maximum Gasteiger partial charge on any atom is 0.00675 e. The Bertz CT molecular complexity index is 143. The molecule has 1 N–H and O–H groups in total. The molecule has 14 heavy (non-hydrogen) atoms. The lowest BCUT2D eigenvalue weighted by molar-refractivity contribution is 0.324. The summed E-state index contributed by atoms with van der Waals surface area (Å²) in [7, 11) is 0. The van der Waals surface area contributed by atoms with E-state index in [9.17, 15) is 0 Å². The molecule has 0 amide bonds. The minimum Gasteiger partial charge on any atom is -0.314 e. The van der Waals surface area contributed by atoms with Gasteiger partial charge >= 0.3 is 0 Å². The summed E-state index contributed by atoms with van der Waals surface area (Å²) in [5, 5.41) is 3.59. The van der Waals surface area contributed by atoms with E-state index in [4.69, 9.17) is 0 Å². The van der Waals surface area contributed by atoms with Crippen molar-refractivity contribution in [3.05, 3.63) is 0 Å². The van der Waals surface area contributed by atoms with E-state index in [1.165, 1.54) is 70.8 Å². The zero-order chi connectivity index (χ0) is 9.64. The lowest BCUT2D eigenvalue weighted by Gasteiger charge is -2.21. The molecule has 82 valence electrons. The van der Waals surface area contributed by atoms with E-state index in [1.54, 1.807) is 0 Å². The van der Waals surface area contributed by atoms with Gasteiger partial charge in [-0.2, -0.15) is 0 Å². The van der Waals surface area contributed by atoms with Crippen molar-refractivity contribution in [2.45, 2.75) is 70.3 Å². The zero-order valence-electron chi connectivity index (χ0n) is 9.43. The Labute approximate surface area is 88.7 Å². The summed E-state index contributed by atoms with van der Waals surface area (Å²) in [6, 6.07) is 0.874. The highest BCUT2D eigenvalue weighted by molar-refractivity contribution is 4.75. The minimum atomic E-state index is 0.874. The second kappa shape index (κ2) is 5.75. The van der Waals surface area contributed by atoms with Gasteiger partial charge in [0.25, 0.3) is 0 Å².